The van der Waals surface area contributed by atoms with Crippen molar-refractivity contribution in [2.24, 2.45) is 0 Å². The number of benzene rings is 1. The van der Waals surface area contributed by atoms with Crippen LogP contribution < -0.4 is 4.31 Å². The second kappa shape index (κ2) is 6.47. The number of anilines is 1. The number of nitrogens with zero attached hydrogens (tertiary/aromatic N) is 1. The number of carbonyl (C=O) groups excluding carboxylic acids is 1. The molecule has 5 nitrogen and oxygen atoms in total. The van der Waals surface area contributed by atoms with Crippen molar-refractivity contribution in [3.63, 3.8) is 0 Å². The summed E-state index contributed by atoms with van der Waals surface area (Å²) in [7, 11) is -0.662. The molecule has 0 amide bonds. The summed E-state index contributed by atoms with van der Waals surface area (Å²) in [4.78, 5) is 11.8. The summed E-state index contributed by atoms with van der Waals surface area (Å²) in [6.45, 7) is 0. The first-order valence-electron chi connectivity index (χ1n) is 7.13. The molecule has 1 aromatic carbocycles. The predicted octanol–water partition coefficient (Wildman–Crippen LogP) is 2.57. The number of carbonyl (C=O) groups is 1. The highest BCUT2D eigenvalue weighted by molar-refractivity contribution is 7.93. The van der Waals surface area contributed by atoms with Crippen LogP contribution in [0, 0.1) is 0 Å². The van der Waals surface area contributed by atoms with Crippen molar-refractivity contribution in [2.45, 2.75) is 37.4 Å². The second-order valence-electron chi connectivity index (χ2n) is 5.28. The first kappa shape index (κ1) is 15.8. The third-order valence-electron chi connectivity index (χ3n) is 4.00. The fourth-order valence-electron chi connectivity index (χ4n) is 2.75. The third-order valence-corrected chi connectivity index (χ3v) is 6.28. The largest absolute Gasteiger partial charge is 0.465 e. The fraction of sp³-hybridized carbons (Fsp3) is 0.533. The molecule has 2 rings (SSSR count). The van der Waals surface area contributed by atoms with E-state index in [0.717, 1.165) is 19.3 Å². The molecule has 116 valence electrons. The number of hydrogen-bond acceptors (Lipinski definition) is 4. The van der Waals surface area contributed by atoms with Crippen molar-refractivity contribution >= 4 is 21.7 Å². The monoisotopic (exact) mass is 311 g/mol. The van der Waals surface area contributed by atoms with Gasteiger partial charge in [0.2, 0.25) is 10.0 Å². The van der Waals surface area contributed by atoms with Gasteiger partial charge in [0.15, 0.2) is 0 Å². The molecule has 0 saturated heterocycles. The van der Waals surface area contributed by atoms with Crippen LogP contribution in [0.2, 0.25) is 0 Å². The maximum atomic E-state index is 12.7. The van der Waals surface area contributed by atoms with Gasteiger partial charge in [0.25, 0.3) is 0 Å². The number of para-hydroxylation sites is 1. The highest BCUT2D eigenvalue weighted by atomic mass is 32.2. The molecular weight excluding hydrogens is 290 g/mol. The Morgan fingerprint density at radius 2 is 1.81 bits per heavy atom. The van der Waals surface area contributed by atoms with Gasteiger partial charge in [-0.3, -0.25) is 4.31 Å². The van der Waals surface area contributed by atoms with Crippen molar-refractivity contribution in [3.8, 4) is 0 Å². The van der Waals surface area contributed by atoms with Gasteiger partial charge in [-0.25, -0.2) is 13.2 Å². The number of hydrogen-bond donors (Lipinski definition) is 0. The van der Waals surface area contributed by atoms with Crippen molar-refractivity contribution < 1.29 is 17.9 Å². The van der Waals surface area contributed by atoms with Gasteiger partial charge < -0.3 is 4.74 Å². The average Bonchev–Trinajstić information content (AvgIpc) is 2.54. The Balaban J connectivity index is 2.35. The average molecular weight is 311 g/mol. The molecule has 1 aromatic rings. The molecule has 0 aliphatic heterocycles. The Hall–Kier alpha value is -1.56. The summed E-state index contributed by atoms with van der Waals surface area (Å²) in [5, 5.41) is -0.359. The molecule has 1 aliphatic carbocycles. The molecule has 0 bridgehead atoms. The van der Waals surface area contributed by atoms with Crippen molar-refractivity contribution in [2.75, 3.05) is 18.5 Å². The van der Waals surface area contributed by atoms with Gasteiger partial charge in [-0.05, 0) is 25.0 Å². The molecule has 0 aromatic heterocycles. The first-order chi connectivity index (χ1) is 9.98. The topological polar surface area (TPSA) is 63.7 Å². The standard InChI is InChI=1S/C15H21NO4S/c1-16(21(18,19)12-8-4-3-5-9-12)14-11-7-6-10-13(14)15(17)20-2/h6-7,10-12H,3-5,8-9H2,1-2H3. The van der Waals surface area contributed by atoms with Gasteiger partial charge in [0.1, 0.15) is 0 Å². The van der Waals surface area contributed by atoms with Crippen LogP contribution in [0.3, 0.4) is 0 Å². The van der Waals surface area contributed by atoms with Crippen LogP contribution in [0.1, 0.15) is 42.5 Å². The van der Waals surface area contributed by atoms with E-state index in [1.807, 2.05) is 0 Å². The minimum atomic E-state index is -3.45. The van der Waals surface area contributed by atoms with Crippen LogP contribution in [-0.2, 0) is 14.8 Å². The molecule has 0 spiro atoms. The molecule has 1 saturated carbocycles. The summed E-state index contributed by atoms with van der Waals surface area (Å²) >= 11 is 0. The summed E-state index contributed by atoms with van der Waals surface area (Å²) < 4.78 is 31.4. The number of sulfonamides is 1. The Labute approximate surface area is 126 Å². The highest BCUT2D eigenvalue weighted by Crippen LogP contribution is 2.30. The third kappa shape index (κ3) is 3.20. The molecule has 0 atom stereocenters. The maximum absolute atomic E-state index is 12.7. The quantitative estimate of drug-likeness (QED) is 0.802. The molecule has 21 heavy (non-hydrogen) atoms. The molecule has 0 radical (unpaired) electrons. The lowest BCUT2D eigenvalue weighted by molar-refractivity contribution is 0.0601. The molecule has 6 heteroatoms. The van der Waals surface area contributed by atoms with E-state index in [9.17, 15) is 13.2 Å². The van der Waals surface area contributed by atoms with Crippen LogP contribution in [0.4, 0.5) is 5.69 Å². The van der Waals surface area contributed by atoms with Crippen molar-refractivity contribution in [3.05, 3.63) is 29.8 Å². The van der Waals surface area contributed by atoms with Crippen LogP contribution in [0.25, 0.3) is 0 Å². The van der Waals surface area contributed by atoms with Gasteiger partial charge in [-0.15, -0.1) is 0 Å². The van der Waals surface area contributed by atoms with E-state index < -0.39 is 16.0 Å². The second-order valence-corrected chi connectivity index (χ2v) is 7.53. The lowest BCUT2D eigenvalue weighted by Crippen LogP contribution is -2.38. The molecule has 0 unspecified atom stereocenters. The predicted molar refractivity (Wildman–Crippen MR) is 82.0 cm³/mol. The molecular formula is C15H21NO4S. The van der Waals surface area contributed by atoms with Gasteiger partial charge in [0, 0.05) is 7.05 Å². The van der Waals surface area contributed by atoms with Crippen LogP contribution in [-0.4, -0.2) is 33.8 Å². The minimum Gasteiger partial charge on any atom is -0.465 e. The number of esters is 1. The van der Waals surface area contributed by atoms with Gasteiger partial charge in [-0.1, -0.05) is 31.4 Å². The Kier molecular flexibility index (Phi) is 4.88. The Bertz CT molecular complexity index is 606. The molecule has 0 N–H and O–H groups in total. The highest BCUT2D eigenvalue weighted by Gasteiger charge is 2.32. The van der Waals surface area contributed by atoms with Crippen LogP contribution >= 0.6 is 0 Å². The summed E-state index contributed by atoms with van der Waals surface area (Å²) in [5.41, 5.74) is 0.636. The lowest BCUT2D eigenvalue weighted by Gasteiger charge is -2.29. The zero-order valence-electron chi connectivity index (χ0n) is 12.4. The maximum Gasteiger partial charge on any atom is 0.340 e. The van der Waals surface area contributed by atoms with E-state index in [1.165, 1.54) is 18.5 Å². The van der Waals surface area contributed by atoms with Crippen molar-refractivity contribution in [1.29, 1.82) is 0 Å². The van der Waals surface area contributed by atoms with Gasteiger partial charge in [-0.2, -0.15) is 0 Å². The fourth-order valence-corrected chi connectivity index (χ4v) is 4.56. The van der Waals surface area contributed by atoms with E-state index in [-0.39, 0.29) is 10.8 Å². The van der Waals surface area contributed by atoms with Gasteiger partial charge >= 0.3 is 5.97 Å². The smallest absolute Gasteiger partial charge is 0.340 e. The van der Waals surface area contributed by atoms with E-state index in [4.69, 9.17) is 4.74 Å². The van der Waals surface area contributed by atoms with E-state index in [1.54, 1.807) is 24.3 Å². The number of methoxy groups -OCH3 is 1. The molecule has 1 fully saturated rings. The lowest BCUT2D eigenvalue weighted by atomic mass is 10.0. The summed E-state index contributed by atoms with van der Waals surface area (Å²) in [5.74, 6) is -0.531. The Morgan fingerprint density at radius 3 is 2.43 bits per heavy atom. The number of rotatable bonds is 4. The molecule has 1 aliphatic rings. The normalized spacial score (nSPS) is 16.5. The van der Waals surface area contributed by atoms with Gasteiger partial charge in [0.05, 0.1) is 23.6 Å². The number of ether oxygens (including phenoxy) is 1. The van der Waals surface area contributed by atoms with Crippen molar-refractivity contribution in [1.82, 2.24) is 0 Å². The minimum absolute atomic E-state index is 0.266. The van der Waals surface area contributed by atoms with E-state index in [0.29, 0.717) is 18.5 Å². The molecule has 0 heterocycles. The van der Waals surface area contributed by atoms with Crippen LogP contribution in [0.5, 0.6) is 0 Å². The summed E-state index contributed by atoms with van der Waals surface area (Å²) in [6, 6.07) is 6.62. The zero-order valence-corrected chi connectivity index (χ0v) is 13.2. The Morgan fingerprint density at radius 1 is 1.19 bits per heavy atom. The van der Waals surface area contributed by atoms with Crippen LogP contribution in [0.15, 0.2) is 24.3 Å². The first-order valence-corrected chi connectivity index (χ1v) is 8.64. The summed E-state index contributed by atoms with van der Waals surface area (Å²) in [6.07, 6.45) is 4.35. The SMILES string of the molecule is COC(=O)c1ccccc1N(C)S(=O)(=O)C1CCCCC1. The zero-order chi connectivity index (χ0) is 15.5. The van der Waals surface area contributed by atoms with E-state index in [2.05, 4.69) is 0 Å². The van der Waals surface area contributed by atoms with E-state index >= 15 is 0 Å².